The highest BCUT2D eigenvalue weighted by Crippen LogP contribution is 2.26. The van der Waals surface area contributed by atoms with E-state index in [0.29, 0.717) is 0 Å². The first-order valence-electron chi connectivity index (χ1n) is 6.35. The fourth-order valence-corrected chi connectivity index (χ4v) is 2.40. The lowest BCUT2D eigenvalue weighted by Gasteiger charge is -2.11. The number of halogens is 1. The highest BCUT2D eigenvalue weighted by molar-refractivity contribution is 9.10. The fraction of sp³-hybridized carbons (Fsp3) is 0.176. The van der Waals surface area contributed by atoms with Crippen molar-refractivity contribution in [3.05, 3.63) is 58.1 Å². The summed E-state index contributed by atoms with van der Waals surface area (Å²) >= 11 is 3.50. The second kappa shape index (κ2) is 7.02. The van der Waals surface area contributed by atoms with Gasteiger partial charge in [-0.15, -0.1) is 6.42 Å². The first-order chi connectivity index (χ1) is 9.70. The Balaban J connectivity index is 2.02. The van der Waals surface area contributed by atoms with Gasteiger partial charge in [-0.1, -0.05) is 30.2 Å². The third kappa shape index (κ3) is 3.79. The summed E-state index contributed by atoms with van der Waals surface area (Å²) in [6.45, 7) is 3.13. The Kier molecular flexibility index (Phi) is 5.09. The van der Waals surface area contributed by atoms with Crippen molar-refractivity contribution in [2.75, 3.05) is 11.9 Å². The summed E-state index contributed by atoms with van der Waals surface area (Å²) in [4.78, 5) is 0. The lowest BCUT2D eigenvalue weighted by Crippen LogP contribution is -2.01. The number of hydrogen-bond donors (Lipinski definition) is 1. The van der Waals surface area contributed by atoms with Gasteiger partial charge in [0.1, 0.15) is 12.4 Å². The van der Waals surface area contributed by atoms with Gasteiger partial charge < -0.3 is 10.1 Å². The van der Waals surface area contributed by atoms with Gasteiger partial charge in [0.25, 0.3) is 0 Å². The Hall–Kier alpha value is -1.92. The van der Waals surface area contributed by atoms with Crippen molar-refractivity contribution in [2.24, 2.45) is 0 Å². The van der Waals surface area contributed by atoms with E-state index in [-0.39, 0.29) is 6.61 Å². The maximum Gasteiger partial charge on any atom is 0.148 e. The maximum absolute atomic E-state index is 5.42. The molecule has 0 heterocycles. The van der Waals surface area contributed by atoms with Gasteiger partial charge in [0, 0.05) is 12.2 Å². The van der Waals surface area contributed by atoms with Crippen LogP contribution in [0.2, 0.25) is 0 Å². The van der Waals surface area contributed by atoms with Crippen molar-refractivity contribution in [3.63, 3.8) is 0 Å². The van der Waals surface area contributed by atoms with Crippen LogP contribution in [-0.2, 0) is 6.54 Å². The van der Waals surface area contributed by atoms with Crippen LogP contribution in [0.1, 0.15) is 11.1 Å². The summed E-state index contributed by atoms with van der Waals surface area (Å²) in [5.74, 6) is 3.22. The van der Waals surface area contributed by atoms with Gasteiger partial charge in [0.05, 0.1) is 4.47 Å². The van der Waals surface area contributed by atoms with E-state index in [9.17, 15) is 0 Å². The number of hydrogen-bond acceptors (Lipinski definition) is 2. The average molecular weight is 330 g/mol. The van der Waals surface area contributed by atoms with Crippen LogP contribution < -0.4 is 10.1 Å². The average Bonchev–Trinajstić information content (AvgIpc) is 2.45. The van der Waals surface area contributed by atoms with Crippen molar-refractivity contribution < 1.29 is 4.74 Å². The number of para-hydroxylation sites is 1. The van der Waals surface area contributed by atoms with Gasteiger partial charge in [-0.05, 0) is 52.2 Å². The Morgan fingerprint density at radius 2 is 2.05 bits per heavy atom. The SMILES string of the molecule is C#CCOc1ccc(CNc2ccccc2C)cc1Br. The molecule has 0 amide bonds. The number of ether oxygens (including phenoxy) is 1. The normalized spacial score (nSPS) is 9.85. The van der Waals surface area contributed by atoms with Crippen LogP contribution in [-0.4, -0.2) is 6.61 Å². The second-order valence-electron chi connectivity index (χ2n) is 4.43. The Morgan fingerprint density at radius 3 is 2.75 bits per heavy atom. The van der Waals surface area contributed by atoms with Gasteiger partial charge in [-0.25, -0.2) is 0 Å². The van der Waals surface area contributed by atoms with Crippen molar-refractivity contribution in [1.82, 2.24) is 0 Å². The molecule has 2 rings (SSSR count). The third-order valence-electron chi connectivity index (χ3n) is 2.94. The van der Waals surface area contributed by atoms with E-state index in [2.05, 4.69) is 46.2 Å². The van der Waals surface area contributed by atoms with Gasteiger partial charge in [-0.2, -0.15) is 0 Å². The molecule has 0 spiro atoms. The van der Waals surface area contributed by atoms with Crippen molar-refractivity contribution >= 4 is 21.6 Å². The zero-order chi connectivity index (χ0) is 14.4. The van der Waals surface area contributed by atoms with Crippen LogP contribution in [0.15, 0.2) is 46.9 Å². The molecule has 0 aliphatic rings. The molecule has 0 saturated heterocycles. The van der Waals surface area contributed by atoms with Crippen LogP contribution in [0, 0.1) is 19.3 Å². The predicted octanol–water partition coefficient (Wildman–Crippen LogP) is 4.38. The van der Waals surface area contributed by atoms with E-state index < -0.39 is 0 Å². The molecule has 2 aromatic rings. The van der Waals surface area contributed by atoms with Gasteiger partial charge in [0.2, 0.25) is 0 Å². The molecule has 1 N–H and O–H groups in total. The lowest BCUT2D eigenvalue weighted by molar-refractivity contribution is 0.368. The molecule has 2 nitrogen and oxygen atoms in total. The predicted molar refractivity (Wildman–Crippen MR) is 87.0 cm³/mol. The number of benzene rings is 2. The molecule has 3 heteroatoms. The molecule has 0 fully saturated rings. The van der Waals surface area contributed by atoms with Crippen LogP contribution in [0.5, 0.6) is 5.75 Å². The Bertz CT molecular complexity index is 631. The van der Waals surface area contributed by atoms with Crippen molar-refractivity contribution in [3.8, 4) is 18.1 Å². The first kappa shape index (κ1) is 14.5. The quantitative estimate of drug-likeness (QED) is 0.822. The van der Waals surface area contributed by atoms with Crippen molar-refractivity contribution in [1.29, 1.82) is 0 Å². The summed E-state index contributed by atoms with van der Waals surface area (Å²) in [5, 5.41) is 3.43. The molecular weight excluding hydrogens is 314 g/mol. The fourth-order valence-electron chi connectivity index (χ4n) is 1.86. The summed E-state index contributed by atoms with van der Waals surface area (Å²) in [7, 11) is 0. The van der Waals surface area contributed by atoms with E-state index in [1.54, 1.807) is 0 Å². The van der Waals surface area contributed by atoms with E-state index in [0.717, 1.165) is 22.5 Å². The van der Waals surface area contributed by atoms with Crippen LogP contribution in [0.4, 0.5) is 5.69 Å². The summed E-state index contributed by atoms with van der Waals surface area (Å²) in [6.07, 6.45) is 5.18. The lowest BCUT2D eigenvalue weighted by atomic mass is 10.1. The van der Waals surface area contributed by atoms with Gasteiger partial charge in [0.15, 0.2) is 0 Å². The minimum Gasteiger partial charge on any atom is -0.480 e. The molecule has 0 aromatic heterocycles. The minimum atomic E-state index is 0.277. The molecule has 0 radical (unpaired) electrons. The van der Waals surface area contributed by atoms with E-state index >= 15 is 0 Å². The molecule has 0 aliphatic carbocycles. The van der Waals surface area contributed by atoms with Crippen LogP contribution >= 0.6 is 15.9 Å². The van der Waals surface area contributed by atoms with Gasteiger partial charge in [-0.3, -0.25) is 0 Å². The van der Waals surface area contributed by atoms with Crippen LogP contribution in [0.25, 0.3) is 0 Å². The monoisotopic (exact) mass is 329 g/mol. The summed E-state index contributed by atoms with van der Waals surface area (Å²) in [5.41, 5.74) is 3.56. The van der Waals surface area contributed by atoms with Crippen molar-refractivity contribution in [2.45, 2.75) is 13.5 Å². The molecule has 0 atom stereocenters. The molecule has 0 bridgehead atoms. The standard InChI is InChI=1S/C17H16BrNO/c1-3-10-20-17-9-8-14(11-15(17)18)12-19-16-7-5-4-6-13(16)2/h1,4-9,11,19H,10,12H2,2H3. The highest BCUT2D eigenvalue weighted by Gasteiger charge is 2.03. The first-order valence-corrected chi connectivity index (χ1v) is 7.14. The molecule has 102 valence electrons. The molecule has 0 saturated carbocycles. The largest absolute Gasteiger partial charge is 0.480 e. The van der Waals surface area contributed by atoms with E-state index in [1.165, 1.54) is 11.1 Å². The summed E-state index contributed by atoms with van der Waals surface area (Å²) in [6, 6.07) is 14.2. The Labute approximate surface area is 128 Å². The molecule has 20 heavy (non-hydrogen) atoms. The molecular formula is C17H16BrNO. The maximum atomic E-state index is 5.42. The minimum absolute atomic E-state index is 0.277. The Morgan fingerprint density at radius 1 is 1.25 bits per heavy atom. The van der Waals surface area contributed by atoms with E-state index in [1.807, 2.05) is 30.3 Å². The van der Waals surface area contributed by atoms with E-state index in [4.69, 9.17) is 11.2 Å². The molecule has 0 unspecified atom stereocenters. The third-order valence-corrected chi connectivity index (χ3v) is 3.56. The second-order valence-corrected chi connectivity index (χ2v) is 5.28. The molecule has 2 aromatic carbocycles. The smallest absolute Gasteiger partial charge is 0.148 e. The van der Waals surface area contributed by atoms with Crippen LogP contribution in [0.3, 0.4) is 0 Å². The highest BCUT2D eigenvalue weighted by atomic mass is 79.9. The van der Waals surface area contributed by atoms with Gasteiger partial charge >= 0.3 is 0 Å². The number of rotatable bonds is 5. The topological polar surface area (TPSA) is 21.3 Å². The summed E-state index contributed by atoms with van der Waals surface area (Å²) < 4.78 is 6.33. The zero-order valence-corrected chi connectivity index (χ0v) is 12.9. The number of terminal acetylenes is 1. The molecule has 0 aliphatic heterocycles. The number of anilines is 1. The zero-order valence-electron chi connectivity index (χ0n) is 11.3. The number of nitrogens with one attached hydrogen (secondary N) is 1. The number of aryl methyl sites for hydroxylation is 1.